The molecule has 0 atom stereocenters. The van der Waals surface area contributed by atoms with Crippen LogP contribution in [-0.2, 0) is 4.74 Å². The summed E-state index contributed by atoms with van der Waals surface area (Å²) in [5.41, 5.74) is -0.118. The van der Waals surface area contributed by atoms with Crippen LogP contribution in [0.25, 0.3) is 4.96 Å². The van der Waals surface area contributed by atoms with Crippen LogP contribution in [-0.4, -0.2) is 39.9 Å². The third-order valence-electron chi connectivity index (χ3n) is 4.81. The number of rotatable bonds is 3. The first kappa shape index (κ1) is 15.1. The zero-order chi connectivity index (χ0) is 15.6. The van der Waals surface area contributed by atoms with Crippen molar-refractivity contribution in [3.05, 3.63) is 22.6 Å². The fourth-order valence-electron chi connectivity index (χ4n) is 3.52. The fourth-order valence-corrected chi connectivity index (χ4v) is 4.45. The van der Waals surface area contributed by atoms with E-state index in [9.17, 15) is 4.79 Å². The number of hydrogen-bond donors (Lipinski definition) is 0. The lowest BCUT2D eigenvalue weighted by molar-refractivity contribution is -0.0395. The van der Waals surface area contributed by atoms with E-state index in [1.807, 2.05) is 0 Å². The minimum Gasteiger partial charge on any atom is -0.375 e. The molecule has 0 spiro atoms. The van der Waals surface area contributed by atoms with E-state index in [1.165, 1.54) is 54.0 Å². The maximum atomic E-state index is 11.8. The second-order valence-corrected chi connectivity index (χ2v) is 7.38. The minimum atomic E-state index is -0.118. The van der Waals surface area contributed by atoms with Gasteiger partial charge >= 0.3 is 0 Å². The lowest BCUT2D eigenvalue weighted by Crippen LogP contribution is -2.39. The minimum absolute atomic E-state index is 0.118. The number of ether oxygens (including phenoxy) is 1. The summed E-state index contributed by atoms with van der Waals surface area (Å²) in [4.78, 5) is 18.9. The van der Waals surface area contributed by atoms with Crippen molar-refractivity contribution < 1.29 is 4.74 Å². The summed E-state index contributed by atoms with van der Waals surface area (Å²) >= 11 is 1.48. The molecule has 3 heterocycles. The Hall–Kier alpha value is -1.47. The van der Waals surface area contributed by atoms with Crippen LogP contribution >= 0.6 is 11.3 Å². The van der Waals surface area contributed by atoms with Crippen LogP contribution in [0.1, 0.15) is 44.9 Å². The van der Waals surface area contributed by atoms with Gasteiger partial charge in [0.1, 0.15) is 0 Å². The van der Waals surface area contributed by atoms with Gasteiger partial charge in [0.15, 0.2) is 0 Å². The van der Waals surface area contributed by atoms with Gasteiger partial charge in [-0.15, -0.1) is 5.10 Å². The third-order valence-corrected chi connectivity index (χ3v) is 5.79. The highest BCUT2D eigenvalue weighted by molar-refractivity contribution is 7.20. The molecule has 2 aromatic heterocycles. The molecule has 23 heavy (non-hydrogen) atoms. The first-order valence-electron chi connectivity index (χ1n) is 8.55. The summed E-state index contributed by atoms with van der Waals surface area (Å²) in [6.45, 7) is 1.87. The molecule has 6 nitrogen and oxygen atoms in total. The average molecular weight is 334 g/mol. The van der Waals surface area contributed by atoms with Crippen molar-refractivity contribution in [3.63, 3.8) is 0 Å². The molecule has 2 aromatic rings. The number of aromatic nitrogens is 3. The number of piperidine rings is 1. The topological polar surface area (TPSA) is 59.7 Å². The molecule has 0 N–H and O–H groups in total. The highest BCUT2D eigenvalue weighted by Gasteiger charge is 2.25. The highest BCUT2D eigenvalue weighted by atomic mass is 32.1. The van der Waals surface area contributed by atoms with Crippen LogP contribution in [0.2, 0.25) is 0 Å². The summed E-state index contributed by atoms with van der Waals surface area (Å²) in [5, 5.41) is 5.31. The van der Waals surface area contributed by atoms with Crippen LogP contribution in [0.3, 0.4) is 0 Å². The van der Waals surface area contributed by atoms with E-state index in [2.05, 4.69) is 15.0 Å². The Morgan fingerprint density at radius 2 is 1.83 bits per heavy atom. The Morgan fingerprint density at radius 1 is 1.09 bits per heavy atom. The van der Waals surface area contributed by atoms with Crippen LogP contribution in [0.15, 0.2) is 17.1 Å². The van der Waals surface area contributed by atoms with Gasteiger partial charge in [-0.25, -0.2) is 4.98 Å². The van der Waals surface area contributed by atoms with Gasteiger partial charge in [0, 0.05) is 25.4 Å². The van der Waals surface area contributed by atoms with Crippen LogP contribution in [0.4, 0.5) is 5.13 Å². The molecule has 124 valence electrons. The predicted octanol–water partition coefficient (Wildman–Crippen LogP) is 2.47. The summed E-state index contributed by atoms with van der Waals surface area (Å²) in [6.07, 6.45) is 10.9. The Labute approximate surface area is 139 Å². The predicted molar refractivity (Wildman–Crippen MR) is 90.3 cm³/mol. The normalized spacial score (nSPS) is 21.1. The molecular weight excluding hydrogens is 312 g/mol. The average Bonchev–Trinajstić information content (AvgIpc) is 3.02. The van der Waals surface area contributed by atoms with E-state index in [0.29, 0.717) is 17.2 Å². The van der Waals surface area contributed by atoms with Gasteiger partial charge in [-0.2, -0.15) is 4.52 Å². The molecule has 1 saturated carbocycles. The van der Waals surface area contributed by atoms with Crippen molar-refractivity contribution in [3.8, 4) is 0 Å². The van der Waals surface area contributed by atoms with E-state index >= 15 is 0 Å². The van der Waals surface area contributed by atoms with Crippen molar-refractivity contribution in [2.24, 2.45) is 0 Å². The zero-order valence-corrected chi connectivity index (χ0v) is 14.0. The Balaban J connectivity index is 1.38. The monoisotopic (exact) mass is 334 g/mol. The van der Waals surface area contributed by atoms with Crippen molar-refractivity contribution >= 4 is 21.4 Å². The third kappa shape index (κ3) is 3.26. The van der Waals surface area contributed by atoms with E-state index in [-0.39, 0.29) is 5.56 Å². The maximum absolute atomic E-state index is 11.8. The van der Waals surface area contributed by atoms with Crippen LogP contribution in [0, 0.1) is 0 Å². The van der Waals surface area contributed by atoms with Crippen LogP contribution in [0.5, 0.6) is 0 Å². The summed E-state index contributed by atoms with van der Waals surface area (Å²) < 4.78 is 7.68. The van der Waals surface area contributed by atoms with Crippen molar-refractivity contribution in [1.29, 1.82) is 0 Å². The highest BCUT2D eigenvalue weighted by Crippen LogP contribution is 2.28. The number of nitrogens with zero attached hydrogens (tertiary/aromatic N) is 4. The molecular formula is C16H22N4O2S. The molecule has 1 saturated heterocycles. The molecule has 0 bridgehead atoms. The number of fused-ring (bicyclic) bond motifs is 1. The van der Waals surface area contributed by atoms with Crippen molar-refractivity contribution in [1.82, 2.24) is 14.6 Å². The quantitative estimate of drug-likeness (QED) is 0.863. The SMILES string of the molecule is O=c1ccnc2sc(N3CCC(OC4CCCCC4)CC3)nn12. The van der Waals surface area contributed by atoms with Crippen molar-refractivity contribution in [2.45, 2.75) is 57.2 Å². The zero-order valence-electron chi connectivity index (χ0n) is 13.2. The van der Waals surface area contributed by atoms with E-state index in [0.717, 1.165) is 31.1 Å². The van der Waals surface area contributed by atoms with Gasteiger partial charge < -0.3 is 9.64 Å². The van der Waals surface area contributed by atoms with Gasteiger partial charge in [-0.3, -0.25) is 4.79 Å². The van der Waals surface area contributed by atoms with Gasteiger partial charge in [0.05, 0.1) is 12.2 Å². The van der Waals surface area contributed by atoms with Gasteiger partial charge in [0.2, 0.25) is 10.1 Å². The molecule has 1 aliphatic carbocycles. The lowest BCUT2D eigenvalue weighted by Gasteiger charge is -2.34. The first-order chi connectivity index (χ1) is 11.3. The molecule has 4 rings (SSSR count). The molecule has 2 aliphatic rings. The number of hydrogen-bond acceptors (Lipinski definition) is 6. The fraction of sp³-hybridized carbons (Fsp3) is 0.688. The lowest BCUT2D eigenvalue weighted by atomic mass is 9.97. The van der Waals surface area contributed by atoms with Gasteiger partial charge in [0.25, 0.3) is 5.56 Å². The first-order valence-corrected chi connectivity index (χ1v) is 9.36. The number of anilines is 1. The van der Waals surface area contributed by atoms with Gasteiger partial charge in [-0.1, -0.05) is 30.6 Å². The summed E-state index contributed by atoms with van der Waals surface area (Å²) in [7, 11) is 0. The van der Waals surface area contributed by atoms with E-state index in [4.69, 9.17) is 4.74 Å². The molecule has 1 aliphatic heterocycles. The van der Waals surface area contributed by atoms with Crippen LogP contribution < -0.4 is 10.5 Å². The molecule has 0 radical (unpaired) electrons. The Bertz CT molecular complexity index is 714. The Kier molecular flexibility index (Phi) is 4.31. The molecule has 0 unspecified atom stereocenters. The largest absolute Gasteiger partial charge is 0.375 e. The van der Waals surface area contributed by atoms with E-state index < -0.39 is 0 Å². The second kappa shape index (κ2) is 6.57. The summed E-state index contributed by atoms with van der Waals surface area (Å²) in [6, 6.07) is 1.45. The maximum Gasteiger partial charge on any atom is 0.275 e. The molecule has 7 heteroatoms. The smallest absolute Gasteiger partial charge is 0.275 e. The second-order valence-electron chi connectivity index (χ2n) is 6.44. The van der Waals surface area contributed by atoms with Crippen molar-refractivity contribution in [2.75, 3.05) is 18.0 Å². The summed E-state index contributed by atoms with van der Waals surface area (Å²) in [5.74, 6) is 0. The standard InChI is InChI=1S/C16H22N4O2S/c21-14-6-9-17-15-20(14)18-16(23-15)19-10-7-13(8-11-19)22-12-4-2-1-3-5-12/h6,9,12-13H,1-5,7-8,10-11H2. The van der Waals surface area contributed by atoms with E-state index in [1.54, 1.807) is 6.20 Å². The van der Waals surface area contributed by atoms with Gasteiger partial charge in [-0.05, 0) is 25.7 Å². The molecule has 0 amide bonds. The molecule has 2 fully saturated rings. The Morgan fingerprint density at radius 3 is 2.57 bits per heavy atom. The molecule has 0 aromatic carbocycles.